The van der Waals surface area contributed by atoms with Crippen LogP contribution in [0.15, 0.2) is 36.4 Å². The Morgan fingerprint density at radius 2 is 1.89 bits per heavy atom. The molecule has 2 aromatic carbocycles. The number of fused-ring (bicyclic) bond motifs is 3. The largest absolute Gasteiger partial charge is 0.493 e. The van der Waals surface area contributed by atoms with E-state index < -0.39 is 12.2 Å². The highest BCUT2D eigenvalue weighted by molar-refractivity contribution is 6.30. The maximum absolute atomic E-state index is 12.6. The van der Waals surface area contributed by atoms with E-state index in [0.29, 0.717) is 28.8 Å². The van der Waals surface area contributed by atoms with Crippen molar-refractivity contribution in [3.05, 3.63) is 64.2 Å². The molecule has 36 heavy (non-hydrogen) atoms. The Morgan fingerprint density at radius 1 is 1.11 bits per heavy atom. The van der Waals surface area contributed by atoms with Gasteiger partial charge in [0.15, 0.2) is 17.3 Å². The average Bonchev–Trinajstić information content (AvgIpc) is 3.17. The summed E-state index contributed by atoms with van der Waals surface area (Å²) < 4.78 is 25.2. The zero-order valence-electron chi connectivity index (χ0n) is 21.5. The summed E-state index contributed by atoms with van der Waals surface area (Å²) >= 11 is 6.50. The Kier molecular flexibility index (Phi) is 7.57. The van der Waals surface area contributed by atoms with Crippen LogP contribution in [0.25, 0.3) is 5.69 Å². The number of aromatic nitrogens is 3. The van der Waals surface area contributed by atoms with Gasteiger partial charge in [0.05, 0.1) is 32.9 Å². The molecule has 1 aliphatic rings. The molecule has 0 radical (unpaired) electrons. The second-order valence-electron chi connectivity index (χ2n) is 9.85. The summed E-state index contributed by atoms with van der Waals surface area (Å²) in [4.78, 5) is 12.6. The highest BCUT2D eigenvalue weighted by atomic mass is 35.5. The third-order valence-electron chi connectivity index (χ3n) is 5.92. The van der Waals surface area contributed by atoms with Crippen LogP contribution in [0.2, 0.25) is 5.02 Å². The van der Waals surface area contributed by atoms with Crippen molar-refractivity contribution in [3.8, 4) is 17.2 Å². The van der Waals surface area contributed by atoms with Crippen molar-refractivity contribution in [2.45, 2.75) is 52.7 Å². The molecule has 9 heteroatoms. The van der Waals surface area contributed by atoms with Crippen molar-refractivity contribution in [3.63, 3.8) is 0 Å². The van der Waals surface area contributed by atoms with Gasteiger partial charge in [0, 0.05) is 22.6 Å². The summed E-state index contributed by atoms with van der Waals surface area (Å²) in [6.07, 6.45) is -0.711. The molecule has 0 spiro atoms. The van der Waals surface area contributed by atoms with Crippen LogP contribution in [0.5, 0.6) is 11.5 Å². The second kappa shape index (κ2) is 10.5. The number of rotatable bonds is 7. The van der Waals surface area contributed by atoms with E-state index in [-0.39, 0.29) is 24.4 Å². The fourth-order valence-electron chi connectivity index (χ4n) is 4.50. The van der Waals surface area contributed by atoms with E-state index in [2.05, 4.69) is 31.0 Å². The predicted molar refractivity (Wildman–Crippen MR) is 136 cm³/mol. The van der Waals surface area contributed by atoms with Gasteiger partial charge in [-0.2, -0.15) is 0 Å². The van der Waals surface area contributed by atoms with Gasteiger partial charge in [-0.05, 0) is 36.6 Å². The molecule has 8 nitrogen and oxygen atoms in total. The van der Waals surface area contributed by atoms with Crippen LogP contribution in [0.1, 0.15) is 69.1 Å². The van der Waals surface area contributed by atoms with E-state index in [1.54, 1.807) is 21.1 Å². The lowest BCUT2D eigenvalue weighted by molar-refractivity contribution is -0.147. The number of esters is 1. The lowest BCUT2D eigenvalue weighted by Crippen LogP contribution is -2.18. The Labute approximate surface area is 216 Å². The maximum atomic E-state index is 12.6. The molecular formula is C27H32ClN3O5. The lowest BCUT2D eigenvalue weighted by Gasteiger charge is -2.24. The fourth-order valence-corrected chi connectivity index (χ4v) is 4.68. The predicted octanol–water partition coefficient (Wildman–Crippen LogP) is 5.64. The fraction of sp³-hybridized carbons (Fsp3) is 0.444. The summed E-state index contributed by atoms with van der Waals surface area (Å²) in [6.45, 7) is 8.48. The highest BCUT2D eigenvalue weighted by Gasteiger charge is 2.37. The molecule has 192 valence electrons. The molecule has 3 aromatic rings. The summed E-state index contributed by atoms with van der Waals surface area (Å²) in [5.41, 5.74) is 2.33. The molecule has 0 saturated carbocycles. The number of halogens is 1. The molecule has 2 heterocycles. The number of nitrogens with zero attached hydrogens (tertiary/aromatic N) is 3. The second-order valence-corrected chi connectivity index (χ2v) is 10.3. The van der Waals surface area contributed by atoms with E-state index >= 15 is 0 Å². The molecule has 0 saturated heterocycles. The van der Waals surface area contributed by atoms with Crippen LogP contribution in [0.4, 0.5) is 0 Å². The molecule has 0 unspecified atom stereocenters. The first-order valence-corrected chi connectivity index (χ1v) is 12.3. The Bertz CT molecular complexity index is 1250. The number of benzene rings is 2. The monoisotopic (exact) mass is 513 g/mol. The molecule has 0 amide bonds. The minimum absolute atomic E-state index is 0.0218. The zero-order valence-corrected chi connectivity index (χ0v) is 22.3. The van der Waals surface area contributed by atoms with Crippen molar-refractivity contribution in [2.24, 2.45) is 5.41 Å². The van der Waals surface area contributed by atoms with Crippen molar-refractivity contribution < 1.29 is 23.7 Å². The first kappa shape index (κ1) is 26.0. The average molecular weight is 514 g/mol. The zero-order chi connectivity index (χ0) is 26.0. The number of methoxy groups -OCH3 is 2. The highest BCUT2D eigenvalue weighted by Crippen LogP contribution is 2.46. The number of ether oxygens (including phenoxy) is 4. The normalized spacial score (nSPS) is 17.1. The van der Waals surface area contributed by atoms with Crippen molar-refractivity contribution in [1.82, 2.24) is 14.8 Å². The first-order valence-electron chi connectivity index (χ1n) is 11.9. The minimum Gasteiger partial charge on any atom is -0.493 e. The molecule has 0 bridgehead atoms. The van der Waals surface area contributed by atoms with Crippen LogP contribution in [0.3, 0.4) is 0 Å². The molecule has 1 aliphatic heterocycles. The standard InChI is InChI=1S/C27H32ClN3O5/c1-7-35-23(32)14-21-26-30-29-22(15-27(2,3)4)31(26)19-12-11-16(28)13-18(19)24(36-21)17-9-8-10-20(33-5)25(17)34-6/h8-13,21,24H,7,14-15H2,1-6H3/t21-,24-/m0/s1. The number of hydrogen-bond acceptors (Lipinski definition) is 7. The van der Waals surface area contributed by atoms with Crippen LogP contribution < -0.4 is 9.47 Å². The molecule has 0 aliphatic carbocycles. The van der Waals surface area contributed by atoms with Gasteiger partial charge in [-0.1, -0.05) is 44.5 Å². The summed E-state index contributed by atoms with van der Waals surface area (Å²) in [5.74, 6) is 2.04. The Hall–Kier alpha value is -3.10. The SMILES string of the molecule is CCOC(=O)C[C@@H]1O[C@@H](c2cccc(OC)c2OC)c2cc(Cl)ccc2-n2c(CC(C)(C)C)nnc21. The molecule has 2 atom stereocenters. The number of para-hydroxylation sites is 1. The van der Waals surface area contributed by atoms with E-state index in [0.717, 1.165) is 22.6 Å². The van der Waals surface area contributed by atoms with Gasteiger partial charge in [-0.25, -0.2) is 0 Å². The number of hydrogen-bond donors (Lipinski definition) is 0. The number of carbonyl (C=O) groups is 1. The molecule has 0 fully saturated rings. The van der Waals surface area contributed by atoms with E-state index in [1.807, 2.05) is 41.0 Å². The van der Waals surface area contributed by atoms with Crippen molar-refractivity contribution in [2.75, 3.05) is 20.8 Å². The van der Waals surface area contributed by atoms with Crippen molar-refractivity contribution >= 4 is 17.6 Å². The lowest BCUT2D eigenvalue weighted by atomic mass is 9.91. The van der Waals surface area contributed by atoms with Crippen LogP contribution in [-0.2, 0) is 20.7 Å². The summed E-state index contributed by atoms with van der Waals surface area (Å²) in [7, 11) is 3.17. The Morgan fingerprint density at radius 3 is 2.56 bits per heavy atom. The third kappa shape index (κ3) is 5.20. The van der Waals surface area contributed by atoms with Gasteiger partial charge in [0.1, 0.15) is 18.0 Å². The van der Waals surface area contributed by atoms with E-state index in [4.69, 9.17) is 30.5 Å². The maximum Gasteiger partial charge on any atom is 0.308 e. The molecular weight excluding hydrogens is 482 g/mol. The molecule has 1 aromatic heterocycles. The smallest absolute Gasteiger partial charge is 0.308 e. The van der Waals surface area contributed by atoms with E-state index in [1.165, 1.54) is 0 Å². The van der Waals surface area contributed by atoms with E-state index in [9.17, 15) is 4.79 Å². The van der Waals surface area contributed by atoms with Crippen LogP contribution >= 0.6 is 11.6 Å². The third-order valence-corrected chi connectivity index (χ3v) is 6.15. The topological polar surface area (TPSA) is 84.7 Å². The Balaban J connectivity index is 1.97. The molecule has 0 N–H and O–H groups in total. The van der Waals surface area contributed by atoms with Gasteiger partial charge in [0.25, 0.3) is 0 Å². The van der Waals surface area contributed by atoms with Crippen LogP contribution in [-0.4, -0.2) is 41.6 Å². The first-order chi connectivity index (χ1) is 17.2. The quantitative estimate of drug-likeness (QED) is 0.378. The van der Waals surface area contributed by atoms with Crippen molar-refractivity contribution in [1.29, 1.82) is 0 Å². The minimum atomic E-state index is -0.725. The van der Waals surface area contributed by atoms with Gasteiger partial charge in [-0.15, -0.1) is 10.2 Å². The van der Waals surface area contributed by atoms with Gasteiger partial charge >= 0.3 is 5.97 Å². The number of carbonyl (C=O) groups excluding carboxylic acids is 1. The van der Waals surface area contributed by atoms with Gasteiger partial charge in [-0.3, -0.25) is 9.36 Å². The van der Waals surface area contributed by atoms with Gasteiger partial charge in [0.2, 0.25) is 0 Å². The van der Waals surface area contributed by atoms with Gasteiger partial charge < -0.3 is 18.9 Å². The molecule has 4 rings (SSSR count). The summed E-state index contributed by atoms with van der Waals surface area (Å²) in [6, 6.07) is 11.3. The summed E-state index contributed by atoms with van der Waals surface area (Å²) in [5, 5.41) is 9.58. The van der Waals surface area contributed by atoms with Crippen LogP contribution in [0, 0.1) is 5.41 Å².